The number of nitrogens with one attached hydrogen (secondary N) is 1. The van der Waals surface area contributed by atoms with Crippen molar-refractivity contribution in [3.8, 4) is 17.2 Å². The Hall–Kier alpha value is -3.26. The number of amides is 2. The van der Waals surface area contributed by atoms with E-state index in [9.17, 15) is 9.59 Å². The van der Waals surface area contributed by atoms with E-state index in [1.54, 1.807) is 39.5 Å². The Morgan fingerprint density at radius 2 is 1.57 bits per heavy atom. The third kappa shape index (κ3) is 6.55. The summed E-state index contributed by atoms with van der Waals surface area (Å²) < 4.78 is 15.9. The third-order valence-electron chi connectivity index (χ3n) is 7.61. The van der Waals surface area contributed by atoms with E-state index < -0.39 is 0 Å². The molecule has 0 aromatic heterocycles. The van der Waals surface area contributed by atoms with E-state index in [1.807, 2.05) is 29.2 Å². The van der Waals surface area contributed by atoms with Crippen molar-refractivity contribution in [1.82, 2.24) is 15.1 Å². The van der Waals surface area contributed by atoms with E-state index in [2.05, 4.69) is 10.2 Å². The minimum absolute atomic E-state index is 0.0260. The van der Waals surface area contributed by atoms with Gasteiger partial charge in [0.1, 0.15) is 5.75 Å². The van der Waals surface area contributed by atoms with Crippen molar-refractivity contribution in [2.75, 3.05) is 54.1 Å². The summed E-state index contributed by atoms with van der Waals surface area (Å²) in [5.41, 5.74) is 1.75. The minimum atomic E-state index is -0.142. The maximum absolute atomic E-state index is 13.4. The van der Waals surface area contributed by atoms with Crippen LogP contribution in [0.3, 0.4) is 0 Å². The lowest BCUT2D eigenvalue weighted by Crippen LogP contribution is -2.58. The summed E-state index contributed by atoms with van der Waals surface area (Å²) in [7, 11) is 4.80. The molecule has 1 saturated carbocycles. The summed E-state index contributed by atoms with van der Waals surface area (Å²) in [5.74, 6) is 2.43. The molecule has 37 heavy (non-hydrogen) atoms. The smallest absolute Gasteiger partial charge is 0.254 e. The van der Waals surface area contributed by atoms with E-state index >= 15 is 0 Å². The molecule has 2 aliphatic rings. The maximum Gasteiger partial charge on any atom is 0.254 e. The molecule has 2 aromatic rings. The molecule has 1 atom stereocenters. The van der Waals surface area contributed by atoms with Gasteiger partial charge in [-0.1, -0.05) is 25.0 Å². The van der Waals surface area contributed by atoms with Crippen LogP contribution < -0.4 is 19.5 Å². The van der Waals surface area contributed by atoms with Gasteiger partial charge < -0.3 is 24.4 Å². The summed E-state index contributed by atoms with van der Waals surface area (Å²) in [6.45, 7) is 3.16. The number of nitrogens with zero attached hydrogens (tertiary/aromatic N) is 2. The highest BCUT2D eigenvalue weighted by Crippen LogP contribution is 2.32. The van der Waals surface area contributed by atoms with Gasteiger partial charge >= 0.3 is 0 Å². The van der Waals surface area contributed by atoms with Gasteiger partial charge in [0.05, 0.1) is 27.4 Å². The number of rotatable bonds is 10. The summed E-state index contributed by atoms with van der Waals surface area (Å²) in [6.07, 6.45) is 5.31. The summed E-state index contributed by atoms with van der Waals surface area (Å²) in [5, 5.41) is 3.20. The fourth-order valence-electron chi connectivity index (χ4n) is 5.53. The van der Waals surface area contributed by atoms with Crippen LogP contribution in [-0.2, 0) is 11.2 Å². The third-order valence-corrected chi connectivity index (χ3v) is 7.61. The van der Waals surface area contributed by atoms with Gasteiger partial charge in [0, 0.05) is 38.3 Å². The Morgan fingerprint density at radius 1 is 0.892 bits per heavy atom. The first-order valence-electron chi connectivity index (χ1n) is 13.2. The second-order valence-electron chi connectivity index (χ2n) is 9.78. The largest absolute Gasteiger partial charge is 0.497 e. The van der Waals surface area contributed by atoms with Gasteiger partial charge in [0.25, 0.3) is 5.91 Å². The summed E-state index contributed by atoms with van der Waals surface area (Å²) in [4.78, 5) is 30.7. The van der Waals surface area contributed by atoms with Crippen LogP contribution in [0, 0.1) is 5.92 Å². The molecule has 2 amide bonds. The van der Waals surface area contributed by atoms with Crippen molar-refractivity contribution in [3.63, 3.8) is 0 Å². The number of hydrogen-bond donors (Lipinski definition) is 1. The highest BCUT2D eigenvalue weighted by Gasteiger charge is 2.37. The summed E-state index contributed by atoms with van der Waals surface area (Å²) >= 11 is 0. The van der Waals surface area contributed by atoms with E-state index in [4.69, 9.17) is 14.2 Å². The van der Waals surface area contributed by atoms with Crippen molar-refractivity contribution < 1.29 is 23.8 Å². The van der Waals surface area contributed by atoms with E-state index in [0.29, 0.717) is 55.7 Å². The predicted molar refractivity (Wildman–Crippen MR) is 142 cm³/mol. The average molecular weight is 510 g/mol. The highest BCUT2D eigenvalue weighted by molar-refractivity contribution is 5.95. The number of carbonyl (C=O) groups is 2. The molecule has 8 nitrogen and oxygen atoms in total. The Balaban J connectivity index is 1.35. The summed E-state index contributed by atoms with van der Waals surface area (Å²) in [6, 6.07) is 13.1. The van der Waals surface area contributed by atoms with Crippen LogP contribution in [0.4, 0.5) is 0 Å². The number of methoxy groups -OCH3 is 3. The molecule has 0 spiro atoms. The standard InChI is InChI=1S/C29H39N3O5/c1-35-24-11-8-21(9-12-24)14-15-30-28(33)27(22-6-4-5-7-22)31-16-18-32(19-17-31)29(34)23-10-13-25(36-2)26(20-23)37-3/h8-13,20,22,27H,4-7,14-19H2,1-3H3,(H,30,33)/t27-/m1/s1. The van der Waals surface area contributed by atoms with Crippen LogP contribution >= 0.6 is 0 Å². The first kappa shape index (κ1) is 26.8. The van der Waals surface area contributed by atoms with Gasteiger partial charge in [-0.2, -0.15) is 0 Å². The van der Waals surface area contributed by atoms with Crippen molar-refractivity contribution in [2.24, 2.45) is 5.92 Å². The average Bonchev–Trinajstić information content (AvgIpc) is 3.47. The number of benzene rings is 2. The SMILES string of the molecule is COc1ccc(CCNC(=O)[C@@H](C2CCCC2)N2CCN(C(=O)c3ccc(OC)c(OC)c3)CC2)cc1. The Labute approximate surface area is 219 Å². The molecule has 1 saturated heterocycles. The lowest BCUT2D eigenvalue weighted by molar-refractivity contribution is -0.129. The quantitative estimate of drug-likeness (QED) is 0.529. The van der Waals surface area contributed by atoms with Crippen LogP contribution in [-0.4, -0.2) is 81.7 Å². The van der Waals surface area contributed by atoms with Crippen molar-refractivity contribution in [3.05, 3.63) is 53.6 Å². The van der Waals surface area contributed by atoms with Crippen LogP contribution in [0.2, 0.25) is 0 Å². The zero-order chi connectivity index (χ0) is 26.2. The molecular formula is C29H39N3O5. The lowest BCUT2D eigenvalue weighted by Gasteiger charge is -2.40. The maximum atomic E-state index is 13.4. The lowest BCUT2D eigenvalue weighted by atomic mass is 9.94. The van der Waals surface area contributed by atoms with Crippen molar-refractivity contribution in [2.45, 2.75) is 38.1 Å². The monoisotopic (exact) mass is 509 g/mol. The van der Waals surface area contributed by atoms with Gasteiger partial charge in [-0.25, -0.2) is 0 Å². The zero-order valence-corrected chi connectivity index (χ0v) is 22.2. The van der Waals surface area contributed by atoms with Gasteiger partial charge in [-0.15, -0.1) is 0 Å². The highest BCUT2D eigenvalue weighted by atomic mass is 16.5. The normalized spacial score (nSPS) is 17.3. The van der Waals surface area contributed by atoms with Gasteiger partial charge in [0.15, 0.2) is 11.5 Å². The molecular weight excluding hydrogens is 470 g/mol. The number of piperazine rings is 1. The Morgan fingerprint density at radius 3 is 2.19 bits per heavy atom. The molecule has 1 N–H and O–H groups in total. The second-order valence-corrected chi connectivity index (χ2v) is 9.78. The van der Waals surface area contributed by atoms with Crippen molar-refractivity contribution in [1.29, 1.82) is 0 Å². The molecule has 200 valence electrons. The molecule has 8 heteroatoms. The van der Waals surface area contributed by atoms with Crippen molar-refractivity contribution >= 4 is 11.8 Å². The molecule has 0 bridgehead atoms. The van der Waals surface area contributed by atoms with Crippen LogP contribution in [0.15, 0.2) is 42.5 Å². The molecule has 1 aliphatic carbocycles. The van der Waals surface area contributed by atoms with E-state index in [0.717, 1.165) is 25.0 Å². The molecule has 0 unspecified atom stereocenters. The van der Waals surface area contributed by atoms with E-state index in [1.165, 1.54) is 18.4 Å². The van der Waals surface area contributed by atoms with Gasteiger partial charge in [0.2, 0.25) is 5.91 Å². The second kappa shape index (κ2) is 12.8. The Bertz CT molecular complexity index is 1040. The van der Waals surface area contributed by atoms with Gasteiger partial charge in [-0.3, -0.25) is 14.5 Å². The number of carbonyl (C=O) groups excluding carboxylic acids is 2. The molecule has 0 radical (unpaired) electrons. The zero-order valence-electron chi connectivity index (χ0n) is 22.2. The topological polar surface area (TPSA) is 80.3 Å². The van der Waals surface area contributed by atoms with Gasteiger partial charge in [-0.05, 0) is 61.1 Å². The Kier molecular flexibility index (Phi) is 9.28. The fraction of sp³-hybridized carbons (Fsp3) is 0.517. The number of hydrogen-bond acceptors (Lipinski definition) is 6. The molecule has 1 aliphatic heterocycles. The van der Waals surface area contributed by atoms with Crippen LogP contribution in [0.25, 0.3) is 0 Å². The first-order chi connectivity index (χ1) is 18.0. The minimum Gasteiger partial charge on any atom is -0.497 e. The molecule has 1 heterocycles. The predicted octanol–water partition coefficient (Wildman–Crippen LogP) is 3.39. The molecule has 2 fully saturated rings. The fourth-order valence-corrected chi connectivity index (χ4v) is 5.53. The molecule has 4 rings (SSSR count). The first-order valence-corrected chi connectivity index (χ1v) is 13.2. The van der Waals surface area contributed by atoms with Crippen LogP contribution in [0.5, 0.6) is 17.2 Å². The number of ether oxygens (including phenoxy) is 3. The van der Waals surface area contributed by atoms with Crippen LogP contribution in [0.1, 0.15) is 41.6 Å². The molecule has 2 aromatic carbocycles. The van der Waals surface area contributed by atoms with E-state index in [-0.39, 0.29) is 17.9 Å².